The van der Waals surface area contributed by atoms with Crippen molar-refractivity contribution >= 4 is 10.9 Å². The molecule has 18 heavy (non-hydrogen) atoms. The molecule has 1 aromatic carbocycles. The molecule has 0 aliphatic rings. The number of aromatic hydroxyl groups is 1. The number of benzene rings is 1. The monoisotopic (exact) mass is 242 g/mol. The zero-order valence-electron chi connectivity index (χ0n) is 10.0. The first-order chi connectivity index (χ1) is 8.70. The quantitative estimate of drug-likeness (QED) is 0.646. The summed E-state index contributed by atoms with van der Waals surface area (Å²) in [6.45, 7) is 2.36. The third kappa shape index (κ3) is 1.50. The van der Waals surface area contributed by atoms with Crippen LogP contribution in [-0.4, -0.2) is 10.1 Å². The van der Waals surface area contributed by atoms with E-state index in [1.807, 2.05) is 19.2 Å². The number of nitrogens with two attached hydrogens (primary N) is 1. The van der Waals surface area contributed by atoms with Crippen molar-refractivity contribution in [2.75, 3.05) is 0 Å². The first kappa shape index (κ1) is 10.9. The van der Waals surface area contributed by atoms with Crippen LogP contribution >= 0.6 is 0 Å². The number of aromatic nitrogens is 1. The van der Waals surface area contributed by atoms with E-state index in [9.17, 15) is 5.11 Å². The van der Waals surface area contributed by atoms with Crippen molar-refractivity contribution in [3.05, 3.63) is 42.0 Å². The highest BCUT2D eigenvalue weighted by Gasteiger charge is 2.14. The number of phenolic OH excluding ortho intramolecular Hbond substituents is 1. The van der Waals surface area contributed by atoms with E-state index in [4.69, 9.17) is 10.2 Å². The molecule has 0 unspecified atom stereocenters. The van der Waals surface area contributed by atoms with E-state index in [0.717, 1.165) is 33.4 Å². The van der Waals surface area contributed by atoms with Crippen LogP contribution in [0.3, 0.4) is 0 Å². The summed E-state index contributed by atoms with van der Waals surface area (Å²) in [6.07, 6.45) is 3.64. The Balaban J connectivity index is 2.25. The van der Waals surface area contributed by atoms with Crippen LogP contribution in [-0.2, 0) is 6.54 Å². The number of aryl methyl sites for hydroxylation is 1. The molecule has 0 bridgehead atoms. The minimum atomic E-state index is 0.248. The van der Waals surface area contributed by atoms with Gasteiger partial charge in [0.2, 0.25) is 0 Å². The van der Waals surface area contributed by atoms with Crippen molar-refractivity contribution < 1.29 is 9.52 Å². The molecule has 0 spiro atoms. The van der Waals surface area contributed by atoms with E-state index >= 15 is 0 Å². The molecule has 0 atom stereocenters. The van der Waals surface area contributed by atoms with E-state index in [1.54, 1.807) is 18.4 Å². The number of H-pyrrole nitrogens is 1. The lowest BCUT2D eigenvalue weighted by Crippen LogP contribution is -1.97. The Labute approximate surface area is 104 Å². The number of rotatable bonds is 2. The lowest BCUT2D eigenvalue weighted by molar-refractivity contribution is 0.476. The minimum Gasteiger partial charge on any atom is -0.508 e. The van der Waals surface area contributed by atoms with E-state index in [0.29, 0.717) is 6.54 Å². The molecule has 3 aromatic rings. The van der Waals surface area contributed by atoms with Gasteiger partial charge < -0.3 is 20.2 Å². The second kappa shape index (κ2) is 3.92. The van der Waals surface area contributed by atoms with Crippen LogP contribution in [0.5, 0.6) is 5.75 Å². The number of fused-ring (bicyclic) bond motifs is 1. The summed E-state index contributed by atoms with van der Waals surface area (Å²) in [4.78, 5) is 3.15. The van der Waals surface area contributed by atoms with Crippen LogP contribution < -0.4 is 5.73 Å². The maximum atomic E-state index is 9.46. The standard InChI is InChI=1S/C14H14N2O2/c1-8-11(5-15)13(7-18-8)12-6-16-14-4-9(17)2-3-10(12)14/h2-4,6-7,16-17H,5,15H2,1H3. The number of phenols is 1. The van der Waals surface area contributed by atoms with Gasteiger partial charge in [0.05, 0.1) is 6.26 Å². The van der Waals surface area contributed by atoms with E-state index in [-0.39, 0.29) is 5.75 Å². The van der Waals surface area contributed by atoms with Crippen LogP contribution in [0.1, 0.15) is 11.3 Å². The van der Waals surface area contributed by atoms with Gasteiger partial charge in [-0.05, 0) is 19.1 Å². The SMILES string of the molecule is Cc1occ(-c2c[nH]c3cc(O)ccc23)c1CN. The summed E-state index contributed by atoms with van der Waals surface area (Å²) in [5.41, 5.74) is 9.72. The molecule has 4 N–H and O–H groups in total. The first-order valence-corrected chi connectivity index (χ1v) is 5.78. The van der Waals surface area contributed by atoms with Gasteiger partial charge in [-0.25, -0.2) is 0 Å². The fourth-order valence-electron chi connectivity index (χ4n) is 2.30. The zero-order valence-corrected chi connectivity index (χ0v) is 10.0. The zero-order chi connectivity index (χ0) is 12.7. The summed E-state index contributed by atoms with van der Waals surface area (Å²) in [6, 6.07) is 5.27. The summed E-state index contributed by atoms with van der Waals surface area (Å²) in [7, 11) is 0. The molecule has 92 valence electrons. The smallest absolute Gasteiger partial charge is 0.117 e. The molecule has 0 aliphatic heterocycles. The van der Waals surface area contributed by atoms with Gasteiger partial charge in [-0.3, -0.25) is 0 Å². The normalized spacial score (nSPS) is 11.2. The van der Waals surface area contributed by atoms with Crippen LogP contribution in [0, 0.1) is 6.92 Å². The molecule has 0 saturated carbocycles. The second-order valence-electron chi connectivity index (χ2n) is 4.32. The van der Waals surface area contributed by atoms with E-state index < -0.39 is 0 Å². The largest absolute Gasteiger partial charge is 0.508 e. The predicted molar refractivity (Wildman–Crippen MR) is 70.3 cm³/mol. The minimum absolute atomic E-state index is 0.248. The Hall–Kier alpha value is -2.20. The van der Waals surface area contributed by atoms with Crippen molar-refractivity contribution in [1.82, 2.24) is 4.98 Å². The van der Waals surface area contributed by atoms with Gasteiger partial charge in [-0.1, -0.05) is 0 Å². The molecule has 4 heteroatoms. The predicted octanol–water partition coefficient (Wildman–Crippen LogP) is 2.90. The number of nitrogens with one attached hydrogen (secondary N) is 1. The van der Waals surface area contributed by atoms with Crippen LogP contribution in [0.15, 0.2) is 35.1 Å². The van der Waals surface area contributed by atoms with Gasteiger partial charge in [0.15, 0.2) is 0 Å². The van der Waals surface area contributed by atoms with E-state index in [1.165, 1.54) is 0 Å². The Morgan fingerprint density at radius 3 is 2.94 bits per heavy atom. The lowest BCUT2D eigenvalue weighted by Gasteiger charge is -2.00. The van der Waals surface area contributed by atoms with Crippen LogP contribution in [0.4, 0.5) is 0 Å². The van der Waals surface area contributed by atoms with Crippen molar-refractivity contribution in [3.63, 3.8) is 0 Å². The number of hydrogen-bond acceptors (Lipinski definition) is 3. The Bertz CT molecular complexity index is 710. The third-order valence-electron chi connectivity index (χ3n) is 3.26. The van der Waals surface area contributed by atoms with Gasteiger partial charge in [0.1, 0.15) is 11.5 Å². The highest BCUT2D eigenvalue weighted by Crippen LogP contribution is 2.34. The third-order valence-corrected chi connectivity index (χ3v) is 3.26. The van der Waals surface area contributed by atoms with Gasteiger partial charge >= 0.3 is 0 Å². The van der Waals surface area contributed by atoms with Crippen molar-refractivity contribution in [2.24, 2.45) is 5.73 Å². The molecular weight excluding hydrogens is 228 g/mol. The highest BCUT2D eigenvalue weighted by atomic mass is 16.3. The van der Waals surface area contributed by atoms with Crippen molar-refractivity contribution in [1.29, 1.82) is 0 Å². The fraction of sp³-hybridized carbons (Fsp3) is 0.143. The molecule has 4 nitrogen and oxygen atoms in total. The van der Waals surface area contributed by atoms with Crippen LogP contribution in [0.2, 0.25) is 0 Å². The topological polar surface area (TPSA) is 75.2 Å². The van der Waals surface area contributed by atoms with Gasteiger partial charge in [0, 0.05) is 46.4 Å². The van der Waals surface area contributed by atoms with Crippen LogP contribution in [0.25, 0.3) is 22.0 Å². The maximum Gasteiger partial charge on any atom is 0.117 e. The van der Waals surface area contributed by atoms with Gasteiger partial charge in [-0.2, -0.15) is 0 Å². The lowest BCUT2D eigenvalue weighted by atomic mass is 10.0. The molecule has 3 rings (SSSR count). The molecule has 2 aromatic heterocycles. The molecule has 0 fully saturated rings. The number of furan rings is 1. The molecule has 2 heterocycles. The molecule has 0 amide bonds. The number of hydrogen-bond donors (Lipinski definition) is 3. The highest BCUT2D eigenvalue weighted by molar-refractivity contribution is 5.96. The Kier molecular flexibility index (Phi) is 2.38. The van der Waals surface area contributed by atoms with Crippen molar-refractivity contribution in [2.45, 2.75) is 13.5 Å². The Morgan fingerprint density at radius 2 is 2.17 bits per heavy atom. The van der Waals surface area contributed by atoms with Crippen molar-refractivity contribution in [3.8, 4) is 16.9 Å². The van der Waals surface area contributed by atoms with Gasteiger partial charge in [0.25, 0.3) is 0 Å². The average molecular weight is 242 g/mol. The second-order valence-corrected chi connectivity index (χ2v) is 4.32. The first-order valence-electron chi connectivity index (χ1n) is 5.78. The van der Waals surface area contributed by atoms with Gasteiger partial charge in [-0.15, -0.1) is 0 Å². The molecular formula is C14H14N2O2. The molecule has 0 saturated heterocycles. The number of aromatic amines is 1. The molecule has 0 aliphatic carbocycles. The molecule has 0 radical (unpaired) electrons. The Morgan fingerprint density at radius 1 is 1.33 bits per heavy atom. The van der Waals surface area contributed by atoms with E-state index in [2.05, 4.69) is 4.98 Å². The average Bonchev–Trinajstić information content (AvgIpc) is 2.91. The summed E-state index contributed by atoms with van der Waals surface area (Å²) in [5.74, 6) is 1.10. The maximum absolute atomic E-state index is 9.46. The summed E-state index contributed by atoms with van der Waals surface area (Å²) in [5, 5.41) is 10.5. The fourth-order valence-corrected chi connectivity index (χ4v) is 2.30. The summed E-state index contributed by atoms with van der Waals surface area (Å²) < 4.78 is 5.44. The summed E-state index contributed by atoms with van der Waals surface area (Å²) >= 11 is 0.